The Balaban J connectivity index is 1.08. The average molecular weight is 458 g/mol. The van der Waals surface area contributed by atoms with E-state index in [4.69, 9.17) is 0 Å². The van der Waals surface area contributed by atoms with Crippen LogP contribution in [-0.4, -0.2) is 60.3 Å². The molecule has 2 aromatic rings. The van der Waals surface area contributed by atoms with Crippen LogP contribution in [0.3, 0.4) is 0 Å². The number of likely N-dealkylation sites (tertiary alicyclic amines) is 2. The van der Waals surface area contributed by atoms with Gasteiger partial charge in [0.2, 0.25) is 0 Å². The summed E-state index contributed by atoms with van der Waals surface area (Å²) in [4.78, 5) is 20.6. The lowest BCUT2D eigenvalue weighted by atomic mass is 9.94. The molecule has 0 unspecified atom stereocenters. The number of rotatable bonds is 4. The lowest BCUT2D eigenvalue weighted by molar-refractivity contribution is 0.0658. The van der Waals surface area contributed by atoms with Gasteiger partial charge in [-0.3, -0.25) is 4.79 Å². The maximum absolute atomic E-state index is 13.5. The number of piperidine rings is 2. The minimum Gasteiger partial charge on any atom is -0.358 e. The lowest BCUT2D eigenvalue weighted by Crippen LogP contribution is -2.47. The van der Waals surface area contributed by atoms with E-state index in [1.54, 1.807) is 36.0 Å². The molecule has 3 heterocycles. The molecular weight excluding hydrogens is 428 g/mol. The molecule has 0 radical (unpaired) electrons. The molecule has 0 bridgehead atoms. The molecule has 2 aromatic carbocycles. The largest absolute Gasteiger partial charge is 0.358 e. The van der Waals surface area contributed by atoms with Gasteiger partial charge in [0.05, 0.1) is 11.6 Å². The van der Waals surface area contributed by atoms with Crippen LogP contribution in [0, 0.1) is 17.6 Å². The molecule has 170 valence electrons. The first-order valence-corrected chi connectivity index (χ1v) is 12.5. The Morgan fingerprint density at radius 3 is 2.31 bits per heavy atom. The van der Waals surface area contributed by atoms with E-state index < -0.39 is 0 Å². The zero-order chi connectivity index (χ0) is 22.1. The Hall–Kier alpha value is -2.12. The highest BCUT2D eigenvalue weighted by molar-refractivity contribution is 7.99. The number of nitrogens with zero attached hydrogens (tertiary/aromatic N) is 3. The summed E-state index contributed by atoms with van der Waals surface area (Å²) in [6.45, 7) is 4.83. The molecule has 7 heteroatoms. The molecule has 0 N–H and O–H groups in total. The maximum Gasteiger partial charge on any atom is 0.253 e. The van der Waals surface area contributed by atoms with Gasteiger partial charge in [-0.25, -0.2) is 8.78 Å². The van der Waals surface area contributed by atoms with Crippen LogP contribution < -0.4 is 4.90 Å². The molecule has 2 fully saturated rings. The molecule has 0 aliphatic carbocycles. The van der Waals surface area contributed by atoms with Gasteiger partial charge in [-0.2, -0.15) is 0 Å². The van der Waals surface area contributed by atoms with Crippen LogP contribution in [-0.2, 0) is 0 Å². The van der Waals surface area contributed by atoms with Crippen LogP contribution in [0.15, 0.2) is 47.4 Å². The first kappa shape index (κ1) is 21.7. The third kappa shape index (κ3) is 4.64. The molecule has 3 aliphatic heterocycles. The highest BCUT2D eigenvalue weighted by Crippen LogP contribution is 2.41. The SMILES string of the molecule is O=C(c1ccc(F)cc1)N1CCC(CN2CCC(N3CSc4cc(F)ccc43)CC2)CC1. The standard InChI is InChI=1S/C25H29F2N3OS/c26-20-3-1-19(2-4-20)25(31)29-13-7-18(8-14-29)16-28-11-9-22(10-12-28)30-17-32-24-15-21(27)5-6-23(24)30/h1-6,15,18,22H,7-14,16-17H2. The molecule has 5 rings (SSSR count). The van der Waals surface area contributed by atoms with E-state index in [1.165, 1.54) is 17.8 Å². The molecule has 0 atom stereocenters. The van der Waals surface area contributed by atoms with Gasteiger partial charge >= 0.3 is 0 Å². The summed E-state index contributed by atoms with van der Waals surface area (Å²) >= 11 is 1.74. The number of halogens is 2. The number of hydrogen-bond acceptors (Lipinski definition) is 4. The maximum atomic E-state index is 13.5. The molecule has 0 spiro atoms. The number of thioether (sulfide) groups is 1. The van der Waals surface area contributed by atoms with Crippen molar-refractivity contribution in [3.05, 3.63) is 59.7 Å². The quantitative estimate of drug-likeness (QED) is 0.656. The van der Waals surface area contributed by atoms with Crippen LogP contribution in [0.1, 0.15) is 36.0 Å². The molecule has 0 saturated carbocycles. The zero-order valence-electron chi connectivity index (χ0n) is 18.2. The van der Waals surface area contributed by atoms with E-state index in [9.17, 15) is 13.6 Å². The second-order valence-electron chi connectivity index (χ2n) is 9.13. The van der Waals surface area contributed by atoms with E-state index in [1.807, 2.05) is 11.0 Å². The summed E-state index contributed by atoms with van der Waals surface area (Å²) in [7, 11) is 0. The molecular formula is C25H29F2N3OS. The fourth-order valence-corrected chi connectivity index (χ4v) is 6.38. The fraction of sp³-hybridized carbons (Fsp3) is 0.480. The van der Waals surface area contributed by atoms with Gasteiger partial charge in [-0.1, -0.05) is 0 Å². The number of amides is 1. The van der Waals surface area contributed by atoms with E-state index >= 15 is 0 Å². The van der Waals surface area contributed by atoms with Crippen molar-refractivity contribution in [1.29, 1.82) is 0 Å². The number of anilines is 1. The van der Waals surface area contributed by atoms with Crippen LogP contribution >= 0.6 is 11.8 Å². The summed E-state index contributed by atoms with van der Waals surface area (Å²) in [5.41, 5.74) is 1.75. The van der Waals surface area contributed by atoms with Crippen molar-refractivity contribution in [2.75, 3.05) is 43.5 Å². The number of benzene rings is 2. The van der Waals surface area contributed by atoms with E-state index in [2.05, 4.69) is 9.80 Å². The molecule has 0 aromatic heterocycles. The summed E-state index contributed by atoms with van der Waals surface area (Å²) in [6, 6.07) is 11.5. The highest BCUT2D eigenvalue weighted by atomic mass is 32.2. The number of carbonyl (C=O) groups is 1. The molecule has 32 heavy (non-hydrogen) atoms. The number of fused-ring (bicyclic) bond motifs is 1. The normalized spacial score (nSPS) is 20.6. The number of carbonyl (C=O) groups excluding carboxylic acids is 1. The summed E-state index contributed by atoms with van der Waals surface area (Å²) in [6.07, 6.45) is 4.32. The van der Waals surface area contributed by atoms with Crippen LogP contribution in [0.4, 0.5) is 14.5 Å². The van der Waals surface area contributed by atoms with E-state index in [0.717, 1.165) is 69.2 Å². The highest BCUT2D eigenvalue weighted by Gasteiger charge is 2.31. The second-order valence-corrected chi connectivity index (χ2v) is 10.1. The first-order valence-electron chi connectivity index (χ1n) is 11.5. The summed E-state index contributed by atoms with van der Waals surface area (Å²) in [5, 5.41) is 0. The van der Waals surface area contributed by atoms with Crippen molar-refractivity contribution in [2.24, 2.45) is 5.92 Å². The van der Waals surface area contributed by atoms with Crippen LogP contribution in [0.2, 0.25) is 0 Å². The molecule has 1 amide bonds. The fourth-order valence-electron chi connectivity index (χ4n) is 5.22. The summed E-state index contributed by atoms with van der Waals surface area (Å²) < 4.78 is 26.6. The van der Waals surface area contributed by atoms with Gasteiger partial charge in [-0.05, 0) is 74.1 Å². The zero-order valence-corrected chi connectivity index (χ0v) is 19.0. The Morgan fingerprint density at radius 1 is 0.906 bits per heavy atom. The van der Waals surface area contributed by atoms with Crippen molar-refractivity contribution < 1.29 is 13.6 Å². The molecule has 2 saturated heterocycles. The lowest BCUT2D eigenvalue weighted by Gasteiger charge is -2.40. The van der Waals surface area contributed by atoms with Gasteiger partial charge < -0.3 is 14.7 Å². The van der Waals surface area contributed by atoms with Crippen LogP contribution in [0.25, 0.3) is 0 Å². The predicted octanol–water partition coefficient (Wildman–Crippen LogP) is 4.85. The van der Waals surface area contributed by atoms with Gasteiger partial charge in [0.25, 0.3) is 5.91 Å². The van der Waals surface area contributed by atoms with Crippen molar-refractivity contribution in [2.45, 2.75) is 36.6 Å². The smallest absolute Gasteiger partial charge is 0.253 e. The minimum absolute atomic E-state index is 0.00732. The Kier molecular flexibility index (Phi) is 6.37. The third-order valence-corrected chi connectivity index (χ3v) is 8.14. The Labute approximate surface area is 192 Å². The first-order chi connectivity index (χ1) is 15.6. The van der Waals surface area contributed by atoms with Gasteiger partial charge in [-0.15, -0.1) is 11.8 Å². The predicted molar refractivity (Wildman–Crippen MR) is 124 cm³/mol. The number of hydrogen-bond donors (Lipinski definition) is 0. The van der Waals surface area contributed by atoms with Gasteiger partial charge in [0.15, 0.2) is 0 Å². The topological polar surface area (TPSA) is 26.8 Å². The van der Waals surface area contributed by atoms with Crippen molar-refractivity contribution >= 4 is 23.4 Å². The average Bonchev–Trinajstić information content (AvgIpc) is 3.23. The molecule has 3 aliphatic rings. The van der Waals surface area contributed by atoms with Crippen molar-refractivity contribution in [1.82, 2.24) is 9.80 Å². The van der Waals surface area contributed by atoms with Crippen molar-refractivity contribution in [3.63, 3.8) is 0 Å². The van der Waals surface area contributed by atoms with Crippen molar-refractivity contribution in [3.8, 4) is 0 Å². The third-order valence-electron chi connectivity index (χ3n) is 7.10. The summed E-state index contributed by atoms with van der Waals surface area (Å²) in [5.74, 6) is 1.08. The Morgan fingerprint density at radius 2 is 1.59 bits per heavy atom. The molecule has 4 nitrogen and oxygen atoms in total. The van der Waals surface area contributed by atoms with Crippen LogP contribution in [0.5, 0.6) is 0 Å². The van der Waals surface area contributed by atoms with E-state index in [-0.39, 0.29) is 17.5 Å². The minimum atomic E-state index is -0.314. The second kappa shape index (κ2) is 9.40. The van der Waals surface area contributed by atoms with Gasteiger partial charge in [0.1, 0.15) is 11.6 Å². The van der Waals surface area contributed by atoms with Gasteiger partial charge in [0, 0.05) is 49.2 Å². The monoisotopic (exact) mass is 457 g/mol. The Bertz CT molecular complexity index is 954. The van der Waals surface area contributed by atoms with E-state index in [0.29, 0.717) is 17.5 Å².